The number of aromatic amines is 1. The van der Waals surface area contributed by atoms with Gasteiger partial charge in [-0.25, -0.2) is 0 Å². The van der Waals surface area contributed by atoms with Gasteiger partial charge < -0.3 is 10.1 Å². The first-order chi connectivity index (χ1) is 10.6. The van der Waals surface area contributed by atoms with Crippen LogP contribution in [0.5, 0.6) is 5.75 Å². The number of H-pyrrole nitrogens is 1. The molecule has 1 amide bonds. The number of hydrogen-bond acceptors (Lipinski definition) is 4. The maximum absolute atomic E-state index is 11.8. The predicted molar refractivity (Wildman–Crippen MR) is 88.3 cm³/mol. The number of benzene rings is 1. The van der Waals surface area contributed by atoms with Crippen LogP contribution >= 0.6 is 11.8 Å². The molecule has 0 radical (unpaired) electrons. The lowest BCUT2D eigenvalue weighted by molar-refractivity contribution is -0.113. The molecule has 0 spiro atoms. The third kappa shape index (κ3) is 3.11. The molecule has 6 heteroatoms. The number of rotatable bonds is 4. The van der Waals surface area contributed by atoms with E-state index in [0.717, 1.165) is 16.9 Å². The molecule has 1 aliphatic heterocycles. The Kier molecular flexibility index (Phi) is 4.38. The number of nitrogens with one attached hydrogen (secondary N) is 2. The van der Waals surface area contributed by atoms with E-state index < -0.39 is 0 Å². The zero-order chi connectivity index (χ0) is 15.5. The van der Waals surface area contributed by atoms with Crippen LogP contribution in [0, 0.1) is 5.92 Å². The number of carbonyl (C=O) groups excluding carboxylic acids is 1. The van der Waals surface area contributed by atoms with E-state index in [1.807, 2.05) is 18.2 Å². The maximum Gasteiger partial charge on any atom is 0.235 e. The highest BCUT2D eigenvalue weighted by Crippen LogP contribution is 2.43. The molecule has 0 aliphatic carbocycles. The summed E-state index contributed by atoms with van der Waals surface area (Å²) < 4.78 is 5.96. The van der Waals surface area contributed by atoms with Gasteiger partial charge in [0.25, 0.3) is 0 Å². The molecule has 22 heavy (non-hydrogen) atoms. The van der Waals surface area contributed by atoms with Crippen LogP contribution in [0.25, 0.3) is 0 Å². The first kappa shape index (κ1) is 15.0. The van der Waals surface area contributed by atoms with Gasteiger partial charge in [0.05, 0.1) is 23.8 Å². The Labute approximate surface area is 133 Å². The van der Waals surface area contributed by atoms with Gasteiger partial charge in [0.15, 0.2) is 0 Å². The molecule has 0 unspecified atom stereocenters. The fraction of sp³-hybridized carbons (Fsp3) is 0.375. The minimum atomic E-state index is -0.0152. The van der Waals surface area contributed by atoms with Crippen molar-refractivity contribution >= 4 is 23.5 Å². The van der Waals surface area contributed by atoms with Gasteiger partial charge >= 0.3 is 0 Å². The highest BCUT2D eigenvalue weighted by atomic mass is 32.2. The summed E-state index contributed by atoms with van der Waals surface area (Å²) in [7, 11) is 0. The second kappa shape index (κ2) is 6.44. The SMILES string of the molecule is CC(C)COc1ccccc1[C@@H]1SCC(=O)Nc2[nH]ncc21. The number of carbonyl (C=O) groups is 1. The standard InChI is InChI=1S/C16H19N3O2S/c1-10(2)8-21-13-6-4-3-5-11(13)15-12-7-17-19-16(12)18-14(20)9-22-15/h3-7,10,15H,8-9H2,1-2H3,(H2,17,18,19,20)/t15-/m0/s1. The number of thioether (sulfide) groups is 1. The van der Waals surface area contributed by atoms with E-state index in [1.54, 1.807) is 18.0 Å². The van der Waals surface area contributed by atoms with E-state index in [2.05, 4.69) is 35.4 Å². The zero-order valence-corrected chi connectivity index (χ0v) is 13.4. The largest absolute Gasteiger partial charge is 0.493 e. The minimum absolute atomic E-state index is 0.0152. The Morgan fingerprint density at radius 1 is 1.36 bits per heavy atom. The van der Waals surface area contributed by atoms with Crippen molar-refractivity contribution < 1.29 is 9.53 Å². The summed E-state index contributed by atoms with van der Waals surface area (Å²) in [6, 6.07) is 8.01. The summed E-state index contributed by atoms with van der Waals surface area (Å²) in [5.74, 6) is 2.40. The predicted octanol–water partition coefficient (Wildman–Crippen LogP) is 3.22. The van der Waals surface area contributed by atoms with E-state index >= 15 is 0 Å². The van der Waals surface area contributed by atoms with Crippen LogP contribution in [0.1, 0.15) is 30.2 Å². The summed E-state index contributed by atoms with van der Waals surface area (Å²) in [4.78, 5) is 11.8. The van der Waals surface area contributed by atoms with Gasteiger partial charge in [0.2, 0.25) is 5.91 Å². The second-order valence-corrected chi connectivity index (χ2v) is 6.78. The molecule has 1 atom stereocenters. The molecule has 1 aromatic carbocycles. The number of aromatic nitrogens is 2. The average Bonchev–Trinajstić information content (AvgIpc) is 2.88. The smallest absolute Gasteiger partial charge is 0.235 e. The Morgan fingerprint density at radius 3 is 3.00 bits per heavy atom. The van der Waals surface area contributed by atoms with E-state index in [9.17, 15) is 4.79 Å². The maximum atomic E-state index is 11.8. The average molecular weight is 317 g/mol. The van der Waals surface area contributed by atoms with Crippen LogP contribution < -0.4 is 10.1 Å². The van der Waals surface area contributed by atoms with Crippen molar-refractivity contribution in [3.05, 3.63) is 41.6 Å². The summed E-state index contributed by atoms with van der Waals surface area (Å²) in [6.45, 7) is 4.92. The fourth-order valence-electron chi connectivity index (χ4n) is 2.36. The van der Waals surface area contributed by atoms with Gasteiger partial charge in [-0.1, -0.05) is 32.0 Å². The Balaban J connectivity index is 1.96. The van der Waals surface area contributed by atoms with Gasteiger partial charge in [0.1, 0.15) is 11.6 Å². The molecule has 3 rings (SSSR count). The summed E-state index contributed by atoms with van der Waals surface area (Å²) in [5.41, 5.74) is 2.06. The Bertz CT molecular complexity index is 669. The molecular weight excluding hydrogens is 298 g/mol. The van der Waals surface area contributed by atoms with Crippen LogP contribution in [-0.4, -0.2) is 28.5 Å². The number of anilines is 1. The van der Waals surface area contributed by atoms with Crippen molar-refractivity contribution in [3.8, 4) is 5.75 Å². The van der Waals surface area contributed by atoms with Gasteiger partial charge in [-0.15, -0.1) is 11.8 Å². The molecule has 2 aromatic rings. The fourth-order valence-corrected chi connectivity index (χ4v) is 3.48. The topological polar surface area (TPSA) is 67.0 Å². The summed E-state index contributed by atoms with van der Waals surface area (Å²) in [5, 5.41) is 9.80. The van der Waals surface area contributed by atoms with Crippen LogP contribution in [-0.2, 0) is 4.79 Å². The molecule has 1 aliphatic rings. The number of hydrogen-bond donors (Lipinski definition) is 2. The van der Waals surface area contributed by atoms with E-state index in [1.165, 1.54) is 0 Å². The van der Waals surface area contributed by atoms with Crippen LogP contribution in [0.4, 0.5) is 5.82 Å². The summed E-state index contributed by atoms with van der Waals surface area (Å²) in [6.07, 6.45) is 1.78. The lowest BCUT2D eigenvalue weighted by Crippen LogP contribution is -2.12. The van der Waals surface area contributed by atoms with Crippen LogP contribution in [0.2, 0.25) is 0 Å². The van der Waals surface area contributed by atoms with Crippen LogP contribution in [0.15, 0.2) is 30.5 Å². The lowest BCUT2D eigenvalue weighted by Gasteiger charge is -2.19. The molecule has 0 fully saturated rings. The monoisotopic (exact) mass is 317 g/mol. The number of nitrogens with zero attached hydrogens (tertiary/aromatic N) is 1. The third-order valence-electron chi connectivity index (χ3n) is 3.37. The van der Waals surface area contributed by atoms with Gasteiger partial charge in [-0.2, -0.15) is 5.10 Å². The third-order valence-corrected chi connectivity index (χ3v) is 4.64. The Morgan fingerprint density at radius 2 is 2.18 bits per heavy atom. The first-order valence-electron chi connectivity index (χ1n) is 7.31. The molecule has 0 bridgehead atoms. The van der Waals surface area contributed by atoms with Crippen molar-refractivity contribution in [1.82, 2.24) is 10.2 Å². The van der Waals surface area contributed by atoms with E-state index in [0.29, 0.717) is 24.1 Å². The number of ether oxygens (including phenoxy) is 1. The van der Waals surface area contributed by atoms with E-state index in [-0.39, 0.29) is 11.2 Å². The van der Waals surface area contributed by atoms with Gasteiger partial charge in [-0.3, -0.25) is 9.89 Å². The zero-order valence-electron chi connectivity index (χ0n) is 12.6. The molecule has 5 nitrogen and oxygen atoms in total. The molecule has 0 saturated carbocycles. The highest BCUT2D eigenvalue weighted by molar-refractivity contribution is 8.00. The number of amides is 1. The molecular formula is C16H19N3O2S. The molecule has 2 N–H and O–H groups in total. The lowest BCUT2D eigenvalue weighted by atomic mass is 10.1. The molecule has 0 saturated heterocycles. The quantitative estimate of drug-likeness (QED) is 0.908. The molecule has 1 aromatic heterocycles. The minimum Gasteiger partial charge on any atom is -0.493 e. The number of fused-ring (bicyclic) bond motifs is 1. The van der Waals surface area contributed by atoms with Gasteiger partial charge in [0, 0.05) is 11.1 Å². The highest BCUT2D eigenvalue weighted by Gasteiger charge is 2.27. The number of para-hydroxylation sites is 1. The van der Waals surface area contributed by atoms with Crippen molar-refractivity contribution in [2.45, 2.75) is 19.1 Å². The van der Waals surface area contributed by atoms with Crippen LogP contribution in [0.3, 0.4) is 0 Å². The first-order valence-corrected chi connectivity index (χ1v) is 8.36. The van der Waals surface area contributed by atoms with Gasteiger partial charge in [-0.05, 0) is 12.0 Å². The Hall–Kier alpha value is -1.95. The van der Waals surface area contributed by atoms with Crippen molar-refractivity contribution in [3.63, 3.8) is 0 Å². The molecule has 2 heterocycles. The second-order valence-electron chi connectivity index (χ2n) is 5.68. The molecule has 116 valence electrons. The van der Waals surface area contributed by atoms with E-state index in [4.69, 9.17) is 4.74 Å². The summed E-state index contributed by atoms with van der Waals surface area (Å²) >= 11 is 1.59. The van der Waals surface area contributed by atoms with Crippen molar-refractivity contribution in [2.75, 3.05) is 17.7 Å². The van der Waals surface area contributed by atoms with Crippen molar-refractivity contribution in [2.24, 2.45) is 5.92 Å². The van der Waals surface area contributed by atoms with Crippen molar-refractivity contribution in [1.29, 1.82) is 0 Å². The normalized spacial score (nSPS) is 17.8.